The Balaban J connectivity index is 2.00. The molecule has 0 unspecified atom stereocenters. The average Bonchev–Trinajstić information content (AvgIpc) is 3.05. The second-order valence-electron chi connectivity index (χ2n) is 5.86. The number of carbonyl (C=O) groups is 1. The number of unbranched alkanes of at least 4 members (excludes halogenated alkanes) is 3. The lowest BCUT2D eigenvalue weighted by Crippen LogP contribution is -2.40. The van der Waals surface area contributed by atoms with Crippen LogP contribution in [-0.4, -0.2) is 24.8 Å². The van der Waals surface area contributed by atoms with E-state index in [4.69, 9.17) is 9.47 Å². The molecule has 3 nitrogen and oxygen atoms in total. The molecule has 1 aliphatic heterocycles. The van der Waals surface area contributed by atoms with E-state index in [-0.39, 0.29) is 11.2 Å². The highest BCUT2D eigenvalue weighted by Gasteiger charge is 2.61. The maximum Gasteiger partial charge on any atom is 0.177 e. The summed E-state index contributed by atoms with van der Waals surface area (Å²) < 4.78 is 12.0. The molecule has 0 spiro atoms. The Morgan fingerprint density at radius 1 is 1.16 bits per heavy atom. The van der Waals surface area contributed by atoms with Gasteiger partial charge in [-0.05, 0) is 32.3 Å². The number of carbonyl (C=O) groups excluding carboxylic acids is 1. The van der Waals surface area contributed by atoms with E-state index in [1.807, 2.05) is 6.08 Å². The van der Waals surface area contributed by atoms with Crippen molar-refractivity contribution in [3.05, 3.63) is 12.2 Å². The van der Waals surface area contributed by atoms with E-state index in [9.17, 15) is 4.79 Å². The van der Waals surface area contributed by atoms with Crippen LogP contribution in [0, 0.1) is 5.41 Å². The number of allylic oxidation sites excluding steroid dienone is 1. The first-order chi connectivity index (χ1) is 9.14. The fourth-order valence-electron chi connectivity index (χ4n) is 3.01. The normalized spacial score (nSPS) is 23.9. The third-order valence-corrected chi connectivity index (χ3v) is 4.30. The number of rotatable bonds is 8. The molecule has 0 amide bonds. The van der Waals surface area contributed by atoms with Gasteiger partial charge in [-0.25, -0.2) is 0 Å². The largest absolute Gasteiger partial charge is 0.347 e. The molecule has 1 saturated carbocycles. The summed E-state index contributed by atoms with van der Waals surface area (Å²) in [7, 11) is 0. The lowest BCUT2D eigenvalue weighted by molar-refractivity contribution is -0.199. The van der Waals surface area contributed by atoms with Gasteiger partial charge in [-0.15, -0.1) is 0 Å². The quantitative estimate of drug-likeness (QED) is 0.497. The van der Waals surface area contributed by atoms with Crippen molar-refractivity contribution in [2.24, 2.45) is 5.41 Å². The van der Waals surface area contributed by atoms with E-state index in [1.54, 1.807) is 13.0 Å². The molecular weight excluding hydrogens is 240 g/mol. The summed E-state index contributed by atoms with van der Waals surface area (Å²) in [6.45, 7) is 5.18. The summed E-state index contributed by atoms with van der Waals surface area (Å²) in [5.41, 5.74) is -0.0403. The maximum absolute atomic E-state index is 11.2. The summed E-state index contributed by atoms with van der Waals surface area (Å²) in [4.78, 5) is 11.2. The van der Waals surface area contributed by atoms with Crippen LogP contribution in [-0.2, 0) is 14.3 Å². The van der Waals surface area contributed by atoms with Gasteiger partial charge in [-0.2, -0.15) is 0 Å². The van der Waals surface area contributed by atoms with Gasteiger partial charge in [0, 0.05) is 11.8 Å². The number of ether oxygens (including phenoxy) is 2. The Bertz CT molecular complexity index is 336. The Hall–Kier alpha value is -0.670. The highest BCUT2D eigenvalue weighted by atomic mass is 16.7. The Labute approximate surface area is 116 Å². The minimum Gasteiger partial charge on any atom is -0.347 e. The van der Waals surface area contributed by atoms with Gasteiger partial charge in [-0.3, -0.25) is 4.79 Å². The maximum atomic E-state index is 11.2. The van der Waals surface area contributed by atoms with E-state index in [0.717, 1.165) is 25.7 Å². The lowest BCUT2D eigenvalue weighted by atomic mass is 9.89. The Kier molecular flexibility index (Phi) is 4.80. The minimum atomic E-state index is -0.452. The van der Waals surface area contributed by atoms with Crippen molar-refractivity contribution in [3.63, 3.8) is 0 Å². The predicted octanol–water partition coefficient (Wildman–Crippen LogP) is 3.63. The zero-order chi connectivity index (χ0) is 13.8. The predicted molar refractivity (Wildman–Crippen MR) is 74.9 cm³/mol. The molecule has 2 aliphatic rings. The summed E-state index contributed by atoms with van der Waals surface area (Å²) in [5.74, 6) is -0.349. The van der Waals surface area contributed by atoms with Gasteiger partial charge in [0.2, 0.25) is 0 Å². The van der Waals surface area contributed by atoms with E-state index in [0.29, 0.717) is 13.2 Å². The van der Waals surface area contributed by atoms with E-state index in [1.165, 1.54) is 19.3 Å². The smallest absolute Gasteiger partial charge is 0.177 e. The number of hydrogen-bond donors (Lipinski definition) is 0. The summed E-state index contributed by atoms with van der Waals surface area (Å²) >= 11 is 0. The van der Waals surface area contributed by atoms with Crippen molar-refractivity contribution in [1.29, 1.82) is 0 Å². The molecule has 0 aromatic rings. The average molecular weight is 266 g/mol. The van der Waals surface area contributed by atoms with Gasteiger partial charge < -0.3 is 9.47 Å². The standard InChI is InChI=1S/C16H26O3/c1-3-4-5-6-8-16(18-12-13-19-16)15(10-11-15)9-7-14(2)17/h7,9H,3-6,8,10-13H2,1-2H3/b9-7+. The van der Waals surface area contributed by atoms with Crippen LogP contribution in [0.1, 0.15) is 58.8 Å². The fraction of sp³-hybridized carbons (Fsp3) is 0.812. The van der Waals surface area contributed by atoms with Gasteiger partial charge in [-0.1, -0.05) is 32.3 Å². The zero-order valence-electron chi connectivity index (χ0n) is 12.2. The molecule has 0 aromatic carbocycles. The van der Waals surface area contributed by atoms with Crippen LogP contribution in [0.2, 0.25) is 0 Å². The first-order valence-electron chi connectivity index (χ1n) is 7.62. The van der Waals surface area contributed by atoms with Crippen molar-refractivity contribution in [2.45, 2.75) is 64.6 Å². The van der Waals surface area contributed by atoms with Crippen LogP contribution in [0.25, 0.3) is 0 Å². The van der Waals surface area contributed by atoms with Crippen LogP contribution >= 0.6 is 0 Å². The topological polar surface area (TPSA) is 35.5 Å². The number of hydrogen-bond acceptors (Lipinski definition) is 3. The van der Waals surface area contributed by atoms with E-state index >= 15 is 0 Å². The van der Waals surface area contributed by atoms with Crippen molar-refractivity contribution in [1.82, 2.24) is 0 Å². The van der Waals surface area contributed by atoms with Crippen molar-refractivity contribution >= 4 is 5.78 Å². The van der Waals surface area contributed by atoms with Gasteiger partial charge >= 0.3 is 0 Å². The molecule has 108 valence electrons. The van der Waals surface area contributed by atoms with Crippen molar-refractivity contribution in [2.75, 3.05) is 13.2 Å². The van der Waals surface area contributed by atoms with Gasteiger partial charge in [0.1, 0.15) is 0 Å². The monoisotopic (exact) mass is 266 g/mol. The first-order valence-corrected chi connectivity index (χ1v) is 7.62. The molecule has 0 N–H and O–H groups in total. The van der Waals surface area contributed by atoms with Crippen molar-refractivity contribution < 1.29 is 14.3 Å². The molecular formula is C16H26O3. The minimum absolute atomic E-state index is 0.0403. The van der Waals surface area contributed by atoms with E-state index in [2.05, 4.69) is 6.92 Å². The zero-order valence-corrected chi connectivity index (χ0v) is 12.2. The molecule has 1 heterocycles. The summed E-state index contributed by atoms with van der Waals surface area (Å²) in [6.07, 6.45) is 11.7. The Morgan fingerprint density at radius 2 is 1.84 bits per heavy atom. The summed E-state index contributed by atoms with van der Waals surface area (Å²) in [6, 6.07) is 0. The SMILES string of the molecule is CCCCCCC1(C2(/C=C/C(C)=O)CC2)OCCO1. The molecule has 0 radical (unpaired) electrons. The van der Waals surface area contributed by atoms with Gasteiger partial charge in [0.05, 0.1) is 13.2 Å². The van der Waals surface area contributed by atoms with Gasteiger partial charge in [0.15, 0.2) is 11.6 Å². The Morgan fingerprint density at radius 3 is 2.37 bits per heavy atom. The molecule has 3 heteroatoms. The number of ketones is 1. The molecule has 0 aromatic heterocycles. The third kappa shape index (κ3) is 3.26. The molecule has 1 aliphatic carbocycles. The molecule has 0 atom stereocenters. The fourth-order valence-corrected chi connectivity index (χ4v) is 3.01. The molecule has 1 saturated heterocycles. The summed E-state index contributed by atoms with van der Waals surface area (Å²) in [5, 5.41) is 0. The van der Waals surface area contributed by atoms with Crippen LogP contribution in [0.4, 0.5) is 0 Å². The van der Waals surface area contributed by atoms with Gasteiger partial charge in [0.25, 0.3) is 0 Å². The van der Waals surface area contributed by atoms with E-state index < -0.39 is 5.79 Å². The van der Waals surface area contributed by atoms with Crippen LogP contribution in [0.3, 0.4) is 0 Å². The molecule has 0 bridgehead atoms. The highest BCUT2D eigenvalue weighted by molar-refractivity contribution is 5.87. The second-order valence-corrected chi connectivity index (χ2v) is 5.86. The first kappa shape index (κ1) is 14.7. The second kappa shape index (κ2) is 6.19. The van der Waals surface area contributed by atoms with Crippen LogP contribution < -0.4 is 0 Å². The van der Waals surface area contributed by atoms with Crippen molar-refractivity contribution in [3.8, 4) is 0 Å². The van der Waals surface area contributed by atoms with Crippen LogP contribution in [0.15, 0.2) is 12.2 Å². The lowest BCUT2D eigenvalue weighted by Gasteiger charge is -2.34. The molecule has 2 rings (SSSR count). The molecule has 19 heavy (non-hydrogen) atoms. The third-order valence-electron chi connectivity index (χ3n) is 4.30. The van der Waals surface area contributed by atoms with Crippen LogP contribution in [0.5, 0.6) is 0 Å². The highest BCUT2D eigenvalue weighted by Crippen LogP contribution is 2.60. The molecule has 2 fully saturated rings.